The SMILES string of the molecule is Cc1ccccc1-c1noc(CN2CCN(CC(=O)NC(=O)NCCc3cccs3)CC2)n1. The van der Waals surface area contributed by atoms with Crippen molar-refractivity contribution in [2.45, 2.75) is 19.9 Å². The molecule has 10 heteroatoms. The van der Waals surface area contributed by atoms with Crippen LogP contribution in [0.15, 0.2) is 46.3 Å². The number of nitrogens with one attached hydrogen (secondary N) is 2. The average Bonchev–Trinajstić information content (AvgIpc) is 3.48. The molecule has 174 valence electrons. The van der Waals surface area contributed by atoms with Gasteiger partial charge >= 0.3 is 6.03 Å². The minimum absolute atomic E-state index is 0.199. The molecule has 1 aliphatic heterocycles. The Morgan fingerprint density at radius 2 is 1.88 bits per heavy atom. The number of nitrogens with zero attached hydrogens (tertiary/aromatic N) is 4. The topological polar surface area (TPSA) is 104 Å². The fourth-order valence-electron chi connectivity index (χ4n) is 3.72. The van der Waals surface area contributed by atoms with Crippen LogP contribution in [0.1, 0.15) is 16.3 Å². The van der Waals surface area contributed by atoms with E-state index in [1.54, 1.807) is 11.3 Å². The van der Waals surface area contributed by atoms with Crippen molar-refractivity contribution < 1.29 is 14.1 Å². The molecule has 0 aliphatic carbocycles. The number of carbonyl (C=O) groups is 2. The zero-order valence-corrected chi connectivity index (χ0v) is 19.4. The quantitative estimate of drug-likeness (QED) is 0.523. The third kappa shape index (κ3) is 6.70. The maximum absolute atomic E-state index is 12.2. The molecular formula is C23H28N6O3S. The number of imide groups is 1. The molecule has 1 fully saturated rings. The summed E-state index contributed by atoms with van der Waals surface area (Å²) in [4.78, 5) is 34.1. The number of amides is 3. The summed E-state index contributed by atoms with van der Waals surface area (Å²) in [6.07, 6.45) is 0.758. The Morgan fingerprint density at radius 1 is 1.09 bits per heavy atom. The van der Waals surface area contributed by atoms with Crippen LogP contribution >= 0.6 is 11.3 Å². The lowest BCUT2D eigenvalue weighted by Gasteiger charge is -2.33. The van der Waals surface area contributed by atoms with Gasteiger partial charge in [0.15, 0.2) is 0 Å². The number of carbonyl (C=O) groups excluding carboxylic acids is 2. The van der Waals surface area contributed by atoms with Crippen LogP contribution in [0.25, 0.3) is 11.4 Å². The molecule has 2 N–H and O–H groups in total. The van der Waals surface area contributed by atoms with E-state index in [0.717, 1.165) is 43.7 Å². The van der Waals surface area contributed by atoms with Gasteiger partial charge in [0, 0.05) is 43.2 Å². The molecule has 1 aliphatic rings. The summed E-state index contributed by atoms with van der Waals surface area (Å²) in [6, 6.07) is 11.5. The summed E-state index contributed by atoms with van der Waals surface area (Å²) >= 11 is 1.65. The van der Waals surface area contributed by atoms with Gasteiger partial charge in [-0.2, -0.15) is 4.98 Å². The van der Waals surface area contributed by atoms with Crippen molar-refractivity contribution in [2.75, 3.05) is 39.3 Å². The lowest BCUT2D eigenvalue weighted by molar-refractivity contribution is -0.121. The largest absolute Gasteiger partial charge is 0.338 e. The molecule has 2 aromatic heterocycles. The van der Waals surface area contributed by atoms with E-state index in [1.165, 1.54) is 4.88 Å². The molecule has 0 unspecified atom stereocenters. The molecule has 4 rings (SSSR count). The first-order chi connectivity index (χ1) is 16.1. The Balaban J connectivity index is 1.15. The number of thiophene rings is 1. The van der Waals surface area contributed by atoms with Gasteiger partial charge in [-0.15, -0.1) is 11.3 Å². The zero-order chi connectivity index (χ0) is 23.0. The van der Waals surface area contributed by atoms with E-state index in [-0.39, 0.29) is 12.5 Å². The molecule has 0 spiro atoms. The molecule has 0 bridgehead atoms. The highest BCUT2D eigenvalue weighted by Crippen LogP contribution is 2.20. The average molecular weight is 469 g/mol. The van der Waals surface area contributed by atoms with E-state index in [0.29, 0.717) is 24.8 Å². The van der Waals surface area contributed by atoms with Gasteiger partial charge in [-0.3, -0.25) is 19.9 Å². The molecule has 0 radical (unpaired) electrons. The molecule has 3 amide bonds. The molecule has 3 aromatic rings. The zero-order valence-electron chi connectivity index (χ0n) is 18.6. The standard InChI is InChI=1S/C23H28N6O3S/c1-17-5-2-3-7-19(17)22-26-21(32-27-22)16-29-12-10-28(11-13-29)15-20(30)25-23(31)24-9-8-18-6-4-14-33-18/h2-7,14H,8-13,15-16H2,1H3,(H2,24,25,30,31). The van der Waals surface area contributed by atoms with Crippen LogP contribution in [0, 0.1) is 6.92 Å². The summed E-state index contributed by atoms with van der Waals surface area (Å²) in [5, 5.41) is 11.3. The van der Waals surface area contributed by atoms with Crippen molar-refractivity contribution in [3.8, 4) is 11.4 Å². The normalized spacial score (nSPS) is 14.8. The monoisotopic (exact) mass is 468 g/mol. The highest BCUT2D eigenvalue weighted by atomic mass is 32.1. The van der Waals surface area contributed by atoms with E-state index in [1.807, 2.05) is 53.6 Å². The van der Waals surface area contributed by atoms with E-state index in [4.69, 9.17) is 4.52 Å². The predicted octanol–water partition coefficient (Wildman–Crippen LogP) is 2.29. The fraction of sp³-hybridized carbons (Fsp3) is 0.391. The van der Waals surface area contributed by atoms with Gasteiger partial charge in [-0.25, -0.2) is 4.79 Å². The molecule has 0 saturated carbocycles. The Hall–Kier alpha value is -3.08. The van der Waals surface area contributed by atoms with E-state index >= 15 is 0 Å². The number of piperazine rings is 1. The third-order valence-electron chi connectivity index (χ3n) is 5.54. The van der Waals surface area contributed by atoms with Crippen LogP contribution in [-0.4, -0.2) is 71.1 Å². The molecule has 3 heterocycles. The fourth-order valence-corrected chi connectivity index (χ4v) is 4.43. The summed E-state index contributed by atoms with van der Waals surface area (Å²) in [5.74, 6) is 0.891. The minimum Gasteiger partial charge on any atom is -0.338 e. The number of hydrogen-bond acceptors (Lipinski definition) is 8. The van der Waals surface area contributed by atoms with Crippen molar-refractivity contribution in [3.63, 3.8) is 0 Å². The maximum Gasteiger partial charge on any atom is 0.321 e. The number of aromatic nitrogens is 2. The first-order valence-electron chi connectivity index (χ1n) is 11.0. The second-order valence-electron chi connectivity index (χ2n) is 8.01. The number of rotatable bonds is 8. The van der Waals surface area contributed by atoms with Crippen LogP contribution in [0.4, 0.5) is 4.79 Å². The molecule has 33 heavy (non-hydrogen) atoms. The number of aryl methyl sites for hydroxylation is 1. The van der Waals surface area contributed by atoms with E-state index in [2.05, 4.69) is 25.7 Å². The highest BCUT2D eigenvalue weighted by molar-refractivity contribution is 7.09. The summed E-state index contributed by atoms with van der Waals surface area (Å²) in [6.45, 7) is 6.31. The summed E-state index contributed by atoms with van der Waals surface area (Å²) < 4.78 is 5.44. The smallest absolute Gasteiger partial charge is 0.321 e. The number of benzene rings is 1. The van der Waals surface area contributed by atoms with Crippen LogP contribution < -0.4 is 10.6 Å². The van der Waals surface area contributed by atoms with Gasteiger partial charge in [0.1, 0.15) is 0 Å². The first-order valence-corrected chi connectivity index (χ1v) is 11.9. The Kier molecular flexibility index (Phi) is 7.82. The van der Waals surface area contributed by atoms with Crippen LogP contribution in [0.3, 0.4) is 0 Å². The Labute approximate surface area is 196 Å². The van der Waals surface area contributed by atoms with Gasteiger partial charge in [0.25, 0.3) is 0 Å². The number of urea groups is 1. The van der Waals surface area contributed by atoms with E-state index < -0.39 is 6.03 Å². The second-order valence-corrected chi connectivity index (χ2v) is 9.04. The minimum atomic E-state index is -0.448. The van der Waals surface area contributed by atoms with Crippen molar-refractivity contribution in [2.24, 2.45) is 0 Å². The molecule has 1 saturated heterocycles. The lowest BCUT2D eigenvalue weighted by atomic mass is 10.1. The van der Waals surface area contributed by atoms with Crippen LogP contribution in [-0.2, 0) is 17.8 Å². The van der Waals surface area contributed by atoms with Crippen LogP contribution in [0.2, 0.25) is 0 Å². The molecule has 0 atom stereocenters. The summed E-state index contributed by atoms with van der Waals surface area (Å²) in [5.41, 5.74) is 2.08. The summed E-state index contributed by atoms with van der Waals surface area (Å²) in [7, 11) is 0. The highest BCUT2D eigenvalue weighted by Gasteiger charge is 2.22. The maximum atomic E-state index is 12.2. The van der Waals surface area contributed by atoms with Gasteiger partial charge in [-0.1, -0.05) is 35.5 Å². The predicted molar refractivity (Wildman–Crippen MR) is 126 cm³/mol. The second kappa shape index (κ2) is 11.2. The Bertz CT molecular complexity index is 1060. The van der Waals surface area contributed by atoms with Crippen molar-refractivity contribution in [1.29, 1.82) is 0 Å². The van der Waals surface area contributed by atoms with Crippen molar-refractivity contribution >= 4 is 23.3 Å². The molecular weight excluding hydrogens is 440 g/mol. The van der Waals surface area contributed by atoms with E-state index in [9.17, 15) is 9.59 Å². The van der Waals surface area contributed by atoms with Crippen molar-refractivity contribution in [1.82, 2.24) is 30.6 Å². The third-order valence-corrected chi connectivity index (χ3v) is 6.47. The van der Waals surface area contributed by atoms with Gasteiger partial charge in [0.05, 0.1) is 13.1 Å². The van der Waals surface area contributed by atoms with Crippen molar-refractivity contribution in [3.05, 3.63) is 58.1 Å². The molecule has 1 aromatic carbocycles. The van der Waals surface area contributed by atoms with Crippen LogP contribution in [0.5, 0.6) is 0 Å². The lowest BCUT2D eigenvalue weighted by Crippen LogP contribution is -2.50. The van der Waals surface area contributed by atoms with Gasteiger partial charge < -0.3 is 9.84 Å². The number of hydrogen-bond donors (Lipinski definition) is 2. The van der Waals surface area contributed by atoms with Gasteiger partial charge in [0.2, 0.25) is 17.6 Å². The first kappa shape index (κ1) is 23.1. The molecule has 9 nitrogen and oxygen atoms in total. The van der Waals surface area contributed by atoms with Gasteiger partial charge in [-0.05, 0) is 30.4 Å². The Morgan fingerprint density at radius 3 is 2.64 bits per heavy atom.